The Labute approximate surface area is 260 Å². The van der Waals surface area contributed by atoms with Gasteiger partial charge in [0.05, 0.1) is 12.6 Å². The molecule has 2 saturated heterocycles. The predicted molar refractivity (Wildman–Crippen MR) is 162 cm³/mol. The molecule has 3 aliphatic rings. The van der Waals surface area contributed by atoms with E-state index in [1.807, 2.05) is 44.2 Å². The summed E-state index contributed by atoms with van der Waals surface area (Å²) in [5.74, 6) is -0.328. The number of carbonyl (C=O) groups excluding carboxylic acids is 2. The van der Waals surface area contributed by atoms with E-state index in [4.69, 9.17) is 28.4 Å². The summed E-state index contributed by atoms with van der Waals surface area (Å²) in [7, 11) is 0. The standard InChI is InChI=1S/C33H48N2O9/c1-22(2)34(18-24-20-42-33(6,7)35(24)31(38)44-32(3,4)5)30(37)29-28(41-19-23-13-9-8-10-14-23)26(36)17-25(43-29)21-40-27-15-11-12-16-39-27/h8-10,13-14,17,22,24,26-27,36H,11-12,15-16,18-21H2,1-7H3. The third kappa shape index (κ3) is 8.74. The molecule has 0 saturated carbocycles. The maximum atomic E-state index is 14.3. The van der Waals surface area contributed by atoms with Crippen molar-refractivity contribution < 1.29 is 43.1 Å². The first-order chi connectivity index (χ1) is 20.7. The van der Waals surface area contributed by atoms with Crippen LogP contribution in [0.2, 0.25) is 0 Å². The van der Waals surface area contributed by atoms with Gasteiger partial charge in [-0.3, -0.25) is 9.69 Å². The molecule has 11 nitrogen and oxygen atoms in total. The maximum absolute atomic E-state index is 14.3. The van der Waals surface area contributed by atoms with Crippen LogP contribution in [0.25, 0.3) is 0 Å². The number of amides is 2. The summed E-state index contributed by atoms with van der Waals surface area (Å²) in [6, 6.07) is 8.68. The van der Waals surface area contributed by atoms with E-state index in [1.54, 1.807) is 44.4 Å². The average Bonchev–Trinajstić information content (AvgIpc) is 3.27. The van der Waals surface area contributed by atoms with Gasteiger partial charge in [-0.05, 0) is 79.4 Å². The number of aliphatic hydroxyl groups is 1. The highest BCUT2D eigenvalue weighted by molar-refractivity contribution is 5.93. The van der Waals surface area contributed by atoms with Crippen LogP contribution in [0.5, 0.6) is 0 Å². The van der Waals surface area contributed by atoms with Crippen LogP contribution in [0, 0.1) is 0 Å². The zero-order valence-electron chi connectivity index (χ0n) is 27.0. The molecule has 4 rings (SSSR count). The zero-order chi connectivity index (χ0) is 32.1. The van der Waals surface area contributed by atoms with Crippen molar-refractivity contribution in [2.24, 2.45) is 0 Å². The van der Waals surface area contributed by atoms with E-state index in [9.17, 15) is 14.7 Å². The van der Waals surface area contributed by atoms with Gasteiger partial charge in [0.25, 0.3) is 5.91 Å². The van der Waals surface area contributed by atoms with E-state index in [-0.39, 0.29) is 56.0 Å². The molecule has 3 heterocycles. The number of hydrogen-bond acceptors (Lipinski definition) is 9. The highest BCUT2D eigenvalue weighted by Gasteiger charge is 2.47. The molecule has 1 N–H and O–H groups in total. The van der Waals surface area contributed by atoms with Gasteiger partial charge >= 0.3 is 6.09 Å². The van der Waals surface area contributed by atoms with Crippen LogP contribution in [0.3, 0.4) is 0 Å². The van der Waals surface area contributed by atoms with Crippen LogP contribution in [0.1, 0.15) is 73.3 Å². The predicted octanol–water partition coefficient (Wildman–Crippen LogP) is 4.84. The zero-order valence-corrected chi connectivity index (χ0v) is 27.0. The number of aliphatic hydroxyl groups excluding tert-OH is 1. The van der Waals surface area contributed by atoms with Crippen LogP contribution < -0.4 is 0 Å². The Bertz CT molecular complexity index is 1200. The minimum absolute atomic E-state index is 0.00849. The lowest BCUT2D eigenvalue weighted by Gasteiger charge is -2.38. The molecule has 44 heavy (non-hydrogen) atoms. The van der Waals surface area contributed by atoms with E-state index in [0.717, 1.165) is 24.8 Å². The molecule has 3 unspecified atom stereocenters. The number of carbonyl (C=O) groups is 2. The second-order valence-corrected chi connectivity index (χ2v) is 13.1. The first-order valence-electron chi connectivity index (χ1n) is 15.4. The molecule has 1 aromatic rings. The van der Waals surface area contributed by atoms with E-state index in [1.165, 1.54) is 6.08 Å². The van der Waals surface area contributed by atoms with Gasteiger partial charge in [-0.2, -0.15) is 0 Å². The fraction of sp³-hybridized carbons (Fsp3) is 0.636. The van der Waals surface area contributed by atoms with E-state index in [0.29, 0.717) is 6.61 Å². The topological polar surface area (TPSA) is 116 Å². The number of benzene rings is 1. The van der Waals surface area contributed by atoms with Gasteiger partial charge in [0.1, 0.15) is 36.4 Å². The molecule has 2 amide bonds. The van der Waals surface area contributed by atoms with Crippen molar-refractivity contribution in [1.82, 2.24) is 9.80 Å². The Hall–Kier alpha value is -3.12. The SMILES string of the molecule is CC(C)N(CC1COC(C)(C)N1C(=O)OC(C)(C)C)C(=O)C1=C(OCc2ccccc2)C(O)C=C(COC2CCCCO2)O1. The van der Waals surface area contributed by atoms with Gasteiger partial charge in [0, 0.05) is 19.2 Å². The summed E-state index contributed by atoms with van der Waals surface area (Å²) >= 11 is 0. The van der Waals surface area contributed by atoms with Crippen LogP contribution in [0.4, 0.5) is 4.79 Å². The lowest BCUT2D eigenvalue weighted by atomic mass is 10.1. The molecule has 3 atom stereocenters. The Morgan fingerprint density at radius 3 is 2.50 bits per heavy atom. The molecule has 244 valence electrons. The minimum Gasteiger partial charge on any atom is -0.486 e. The number of hydrogen-bond donors (Lipinski definition) is 1. The largest absolute Gasteiger partial charge is 0.486 e. The van der Waals surface area contributed by atoms with Crippen molar-refractivity contribution in [3.63, 3.8) is 0 Å². The molecular weight excluding hydrogens is 568 g/mol. The smallest absolute Gasteiger partial charge is 0.412 e. The second kappa shape index (κ2) is 14.3. The van der Waals surface area contributed by atoms with Crippen molar-refractivity contribution in [2.75, 3.05) is 26.4 Å². The quantitative estimate of drug-likeness (QED) is 0.394. The molecule has 2 fully saturated rings. The highest BCUT2D eigenvalue weighted by atomic mass is 16.7. The van der Waals surface area contributed by atoms with E-state index >= 15 is 0 Å². The van der Waals surface area contributed by atoms with Gasteiger partial charge in [-0.15, -0.1) is 0 Å². The molecule has 0 radical (unpaired) electrons. The minimum atomic E-state index is -1.24. The first-order valence-corrected chi connectivity index (χ1v) is 15.4. The van der Waals surface area contributed by atoms with Crippen molar-refractivity contribution in [1.29, 1.82) is 0 Å². The summed E-state index contributed by atoms with van der Waals surface area (Å²) in [6.07, 6.45) is 2.10. The van der Waals surface area contributed by atoms with Crippen LogP contribution in [-0.2, 0) is 39.8 Å². The number of ether oxygens (including phenoxy) is 6. The van der Waals surface area contributed by atoms with Gasteiger partial charge in [-0.1, -0.05) is 30.3 Å². The molecule has 3 aliphatic heterocycles. The van der Waals surface area contributed by atoms with Gasteiger partial charge in [-0.25, -0.2) is 4.79 Å². The summed E-state index contributed by atoms with van der Waals surface area (Å²) in [6.45, 7) is 13.9. The Morgan fingerprint density at radius 2 is 1.86 bits per heavy atom. The molecule has 0 bridgehead atoms. The molecule has 0 spiro atoms. The van der Waals surface area contributed by atoms with E-state index < -0.39 is 35.5 Å². The van der Waals surface area contributed by atoms with Crippen LogP contribution in [0.15, 0.2) is 53.7 Å². The molecule has 1 aromatic carbocycles. The summed E-state index contributed by atoms with van der Waals surface area (Å²) in [4.78, 5) is 30.7. The summed E-state index contributed by atoms with van der Waals surface area (Å²) < 4.78 is 35.4. The summed E-state index contributed by atoms with van der Waals surface area (Å²) in [5.41, 5.74) is -0.775. The molecule has 0 aromatic heterocycles. The van der Waals surface area contributed by atoms with E-state index in [2.05, 4.69) is 0 Å². The monoisotopic (exact) mass is 616 g/mol. The Balaban J connectivity index is 1.58. The van der Waals surface area contributed by atoms with Gasteiger partial charge in [0.15, 0.2) is 12.0 Å². The third-order valence-electron chi connectivity index (χ3n) is 7.51. The third-order valence-corrected chi connectivity index (χ3v) is 7.51. The normalized spacial score (nSPS) is 23.7. The lowest BCUT2D eigenvalue weighted by molar-refractivity contribution is -0.162. The highest BCUT2D eigenvalue weighted by Crippen LogP contribution is 2.32. The molecule has 0 aliphatic carbocycles. The fourth-order valence-electron chi connectivity index (χ4n) is 5.32. The maximum Gasteiger partial charge on any atom is 0.412 e. The number of rotatable bonds is 10. The van der Waals surface area contributed by atoms with Crippen molar-refractivity contribution in [3.05, 3.63) is 59.2 Å². The van der Waals surface area contributed by atoms with Crippen LogP contribution >= 0.6 is 0 Å². The van der Waals surface area contributed by atoms with Crippen LogP contribution in [-0.4, -0.2) is 89.1 Å². The lowest BCUT2D eigenvalue weighted by Crippen LogP contribution is -2.54. The van der Waals surface area contributed by atoms with Gasteiger partial charge < -0.3 is 38.4 Å². The Morgan fingerprint density at radius 1 is 1.14 bits per heavy atom. The first kappa shape index (κ1) is 33.8. The Kier molecular flexibility index (Phi) is 11.0. The van der Waals surface area contributed by atoms with Crippen molar-refractivity contribution in [2.45, 2.75) is 110 Å². The van der Waals surface area contributed by atoms with Gasteiger partial charge in [0.2, 0.25) is 5.76 Å². The van der Waals surface area contributed by atoms with Crippen molar-refractivity contribution >= 4 is 12.0 Å². The van der Waals surface area contributed by atoms with Crippen molar-refractivity contribution in [3.8, 4) is 0 Å². The average molecular weight is 617 g/mol. The number of nitrogens with zero attached hydrogens (tertiary/aromatic N) is 2. The summed E-state index contributed by atoms with van der Waals surface area (Å²) in [5, 5.41) is 11.2. The molecular formula is C33H48N2O9. The molecule has 11 heteroatoms. The second-order valence-electron chi connectivity index (χ2n) is 13.1. The fourth-order valence-corrected chi connectivity index (χ4v) is 5.32.